The number of hydrogen-bond acceptors (Lipinski definition) is 4. The van der Waals surface area contributed by atoms with Crippen molar-refractivity contribution in [2.45, 2.75) is 6.92 Å². The van der Waals surface area contributed by atoms with Crippen LogP contribution >= 0.6 is 11.6 Å². The molecular formula is C14H13ClN2O2. The highest BCUT2D eigenvalue weighted by Crippen LogP contribution is 2.19. The van der Waals surface area contributed by atoms with Crippen molar-refractivity contribution < 1.29 is 9.53 Å². The summed E-state index contributed by atoms with van der Waals surface area (Å²) in [6, 6.07) is 8.96. The fourth-order valence-corrected chi connectivity index (χ4v) is 1.66. The van der Waals surface area contributed by atoms with Crippen molar-refractivity contribution in [3.63, 3.8) is 0 Å². The molecular weight excluding hydrogens is 264 g/mol. The molecule has 0 saturated heterocycles. The van der Waals surface area contributed by atoms with Gasteiger partial charge in [0.1, 0.15) is 0 Å². The lowest BCUT2D eigenvalue weighted by atomic mass is 10.2. The van der Waals surface area contributed by atoms with Crippen LogP contribution in [0.1, 0.15) is 17.3 Å². The molecule has 0 fully saturated rings. The van der Waals surface area contributed by atoms with E-state index in [0.717, 1.165) is 5.69 Å². The number of ether oxygens (including phenoxy) is 1. The molecule has 0 aliphatic rings. The van der Waals surface area contributed by atoms with E-state index in [1.807, 2.05) is 12.1 Å². The quantitative estimate of drug-likeness (QED) is 0.866. The summed E-state index contributed by atoms with van der Waals surface area (Å²) in [5.74, 6) is -0.380. The van der Waals surface area contributed by atoms with Crippen LogP contribution in [-0.2, 0) is 4.74 Å². The Kier molecular flexibility index (Phi) is 4.36. The Morgan fingerprint density at radius 2 is 2.00 bits per heavy atom. The minimum Gasteiger partial charge on any atom is -0.462 e. The number of halogens is 1. The fraction of sp³-hybridized carbons (Fsp3) is 0.143. The lowest BCUT2D eigenvalue weighted by Crippen LogP contribution is -2.05. The van der Waals surface area contributed by atoms with E-state index < -0.39 is 0 Å². The molecule has 1 heterocycles. The van der Waals surface area contributed by atoms with Gasteiger partial charge in [0.15, 0.2) is 0 Å². The first-order valence-corrected chi connectivity index (χ1v) is 6.21. The number of esters is 1. The molecule has 0 aliphatic carbocycles. The van der Waals surface area contributed by atoms with Crippen LogP contribution < -0.4 is 5.32 Å². The highest BCUT2D eigenvalue weighted by Gasteiger charge is 2.07. The van der Waals surface area contributed by atoms with Gasteiger partial charge in [-0.05, 0) is 37.3 Å². The standard InChI is InChI=1S/C14H13ClN2O2/c1-2-19-14(18)10-7-13(9-16-8-10)17-12-5-3-11(15)4-6-12/h3-9,17H,2H2,1H3. The van der Waals surface area contributed by atoms with Crippen LogP contribution in [0.25, 0.3) is 0 Å². The molecule has 2 rings (SSSR count). The second-order valence-electron chi connectivity index (χ2n) is 3.81. The van der Waals surface area contributed by atoms with Crippen molar-refractivity contribution in [2.75, 3.05) is 11.9 Å². The summed E-state index contributed by atoms with van der Waals surface area (Å²) >= 11 is 5.81. The van der Waals surface area contributed by atoms with E-state index in [4.69, 9.17) is 16.3 Å². The minimum atomic E-state index is -0.380. The topological polar surface area (TPSA) is 51.2 Å². The van der Waals surface area contributed by atoms with Crippen molar-refractivity contribution in [2.24, 2.45) is 0 Å². The number of nitrogens with one attached hydrogen (secondary N) is 1. The van der Waals surface area contributed by atoms with E-state index in [1.165, 1.54) is 6.20 Å². The number of carbonyl (C=O) groups is 1. The van der Waals surface area contributed by atoms with Gasteiger partial charge in [-0.25, -0.2) is 4.79 Å². The van der Waals surface area contributed by atoms with Gasteiger partial charge < -0.3 is 10.1 Å². The average Bonchev–Trinajstić information content (AvgIpc) is 2.42. The molecule has 0 aliphatic heterocycles. The second kappa shape index (κ2) is 6.20. The molecule has 19 heavy (non-hydrogen) atoms. The van der Waals surface area contributed by atoms with Gasteiger partial charge in [0.25, 0.3) is 0 Å². The Bertz CT molecular complexity index is 570. The number of pyridine rings is 1. The summed E-state index contributed by atoms with van der Waals surface area (Å²) in [5.41, 5.74) is 2.00. The summed E-state index contributed by atoms with van der Waals surface area (Å²) in [5, 5.41) is 3.81. The van der Waals surface area contributed by atoms with Gasteiger partial charge in [-0.15, -0.1) is 0 Å². The van der Waals surface area contributed by atoms with Crippen LogP contribution in [-0.4, -0.2) is 17.6 Å². The monoisotopic (exact) mass is 276 g/mol. The van der Waals surface area contributed by atoms with Crippen LogP contribution in [0, 0.1) is 0 Å². The number of rotatable bonds is 4. The van der Waals surface area contributed by atoms with Gasteiger partial charge in [0.05, 0.1) is 24.1 Å². The first-order valence-electron chi connectivity index (χ1n) is 5.84. The van der Waals surface area contributed by atoms with E-state index in [1.54, 1.807) is 31.3 Å². The number of benzene rings is 1. The van der Waals surface area contributed by atoms with Crippen LogP contribution in [0.5, 0.6) is 0 Å². The van der Waals surface area contributed by atoms with Crippen LogP contribution in [0.3, 0.4) is 0 Å². The first-order chi connectivity index (χ1) is 9.19. The maximum Gasteiger partial charge on any atom is 0.339 e. The van der Waals surface area contributed by atoms with E-state index >= 15 is 0 Å². The molecule has 0 unspecified atom stereocenters. The van der Waals surface area contributed by atoms with Gasteiger partial charge in [-0.1, -0.05) is 11.6 Å². The number of aromatic nitrogens is 1. The molecule has 4 nitrogen and oxygen atoms in total. The zero-order valence-electron chi connectivity index (χ0n) is 10.4. The van der Waals surface area contributed by atoms with Crippen molar-refractivity contribution in [3.05, 3.63) is 53.3 Å². The number of hydrogen-bond donors (Lipinski definition) is 1. The summed E-state index contributed by atoms with van der Waals surface area (Å²) in [6.45, 7) is 2.11. The van der Waals surface area contributed by atoms with Crippen molar-refractivity contribution in [1.29, 1.82) is 0 Å². The third-order valence-electron chi connectivity index (χ3n) is 2.38. The summed E-state index contributed by atoms with van der Waals surface area (Å²) in [7, 11) is 0. The highest BCUT2D eigenvalue weighted by atomic mass is 35.5. The molecule has 0 spiro atoms. The van der Waals surface area contributed by atoms with Crippen LogP contribution in [0.15, 0.2) is 42.7 Å². The summed E-state index contributed by atoms with van der Waals surface area (Å²) in [4.78, 5) is 15.6. The maximum atomic E-state index is 11.6. The number of carbonyl (C=O) groups excluding carboxylic acids is 1. The minimum absolute atomic E-state index is 0.341. The van der Waals surface area contributed by atoms with E-state index in [-0.39, 0.29) is 5.97 Å². The first kappa shape index (κ1) is 13.4. The lowest BCUT2D eigenvalue weighted by Gasteiger charge is -2.07. The second-order valence-corrected chi connectivity index (χ2v) is 4.25. The lowest BCUT2D eigenvalue weighted by molar-refractivity contribution is 0.0526. The fourth-order valence-electron chi connectivity index (χ4n) is 1.53. The van der Waals surface area contributed by atoms with Gasteiger partial charge >= 0.3 is 5.97 Å². The Balaban J connectivity index is 2.15. The Hall–Kier alpha value is -2.07. The molecule has 1 aromatic carbocycles. The normalized spacial score (nSPS) is 10.0. The van der Waals surface area contributed by atoms with E-state index in [0.29, 0.717) is 22.9 Å². The van der Waals surface area contributed by atoms with Crippen molar-refractivity contribution in [3.8, 4) is 0 Å². The molecule has 0 amide bonds. The van der Waals surface area contributed by atoms with Crippen molar-refractivity contribution in [1.82, 2.24) is 4.98 Å². The highest BCUT2D eigenvalue weighted by molar-refractivity contribution is 6.30. The van der Waals surface area contributed by atoms with E-state index in [9.17, 15) is 4.79 Å². The molecule has 0 bridgehead atoms. The summed E-state index contributed by atoms with van der Waals surface area (Å²) in [6.07, 6.45) is 3.11. The Morgan fingerprint density at radius 1 is 1.26 bits per heavy atom. The zero-order chi connectivity index (χ0) is 13.7. The molecule has 0 saturated carbocycles. The molecule has 5 heteroatoms. The SMILES string of the molecule is CCOC(=O)c1cncc(Nc2ccc(Cl)cc2)c1. The van der Waals surface area contributed by atoms with Crippen LogP contribution in [0.2, 0.25) is 5.02 Å². The molecule has 0 atom stereocenters. The largest absolute Gasteiger partial charge is 0.462 e. The third kappa shape index (κ3) is 3.69. The van der Waals surface area contributed by atoms with Gasteiger partial charge in [-0.2, -0.15) is 0 Å². The number of anilines is 2. The van der Waals surface area contributed by atoms with Gasteiger partial charge in [-0.3, -0.25) is 4.98 Å². The summed E-state index contributed by atoms with van der Waals surface area (Å²) < 4.78 is 4.92. The maximum absolute atomic E-state index is 11.6. The molecule has 1 aromatic heterocycles. The predicted octanol–water partition coefficient (Wildman–Crippen LogP) is 3.66. The average molecular weight is 277 g/mol. The molecule has 1 N–H and O–H groups in total. The molecule has 98 valence electrons. The Labute approximate surface area is 116 Å². The Morgan fingerprint density at radius 3 is 2.68 bits per heavy atom. The third-order valence-corrected chi connectivity index (χ3v) is 2.63. The van der Waals surface area contributed by atoms with Gasteiger partial charge in [0.2, 0.25) is 0 Å². The van der Waals surface area contributed by atoms with E-state index in [2.05, 4.69) is 10.3 Å². The predicted molar refractivity (Wildman–Crippen MR) is 74.9 cm³/mol. The smallest absolute Gasteiger partial charge is 0.339 e. The van der Waals surface area contributed by atoms with Crippen LogP contribution in [0.4, 0.5) is 11.4 Å². The molecule has 0 radical (unpaired) electrons. The number of nitrogens with zero attached hydrogens (tertiary/aromatic N) is 1. The molecule has 2 aromatic rings. The zero-order valence-corrected chi connectivity index (χ0v) is 11.1. The van der Waals surface area contributed by atoms with Gasteiger partial charge in [0, 0.05) is 16.9 Å². The van der Waals surface area contributed by atoms with Crippen molar-refractivity contribution >= 4 is 28.9 Å².